The number of benzene rings is 1. The number of sulfonamides is 1. The van der Waals surface area contributed by atoms with Gasteiger partial charge in [-0.25, -0.2) is 12.8 Å². The van der Waals surface area contributed by atoms with E-state index in [-0.39, 0.29) is 11.9 Å². The summed E-state index contributed by atoms with van der Waals surface area (Å²) in [4.78, 5) is 1.87. The van der Waals surface area contributed by atoms with Crippen LogP contribution >= 0.6 is 0 Å². The molecule has 1 aromatic rings. The van der Waals surface area contributed by atoms with Crippen LogP contribution in [0.2, 0.25) is 0 Å². The van der Waals surface area contributed by atoms with E-state index in [1.807, 2.05) is 17.9 Å². The topological polar surface area (TPSA) is 66.6 Å². The molecule has 0 spiro atoms. The first-order valence-corrected chi connectivity index (χ1v) is 8.39. The minimum atomic E-state index is -3.18. The molecule has 1 aliphatic heterocycles. The second-order valence-electron chi connectivity index (χ2n) is 5.12. The highest BCUT2D eigenvalue weighted by Gasteiger charge is 2.26. The lowest BCUT2D eigenvalue weighted by Gasteiger charge is -2.36. The lowest BCUT2D eigenvalue weighted by atomic mass is 10.0. The van der Waals surface area contributed by atoms with E-state index in [1.165, 1.54) is 16.6 Å². The number of anilines is 1. The molecule has 0 amide bonds. The van der Waals surface area contributed by atoms with E-state index in [9.17, 15) is 12.8 Å². The summed E-state index contributed by atoms with van der Waals surface area (Å²) in [5, 5.41) is 0. The normalized spacial score (nSPS) is 19.1. The molecule has 112 valence electrons. The molecule has 1 saturated heterocycles. The van der Waals surface area contributed by atoms with Gasteiger partial charge in [0, 0.05) is 32.2 Å². The van der Waals surface area contributed by atoms with Gasteiger partial charge in [0.15, 0.2) is 0 Å². The van der Waals surface area contributed by atoms with E-state index < -0.39 is 10.0 Å². The third-order valence-corrected chi connectivity index (χ3v) is 4.84. The van der Waals surface area contributed by atoms with Crippen molar-refractivity contribution in [3.8, 4) is 0 Å². The van der Waals surface area contributed by atoms with Crippen molar-refractivity contribution in [2.24, 2.45) is 5.73 Å². The molecule has 0 bridgehead atoms. The van der Waals surface area contributed by atoms with Crippen molar-refractivity contribution in [2.75, 3.05) is 37.3 Å². The number of hydrogen-bond acceptors (Lipinski definition) is 4. The summed E-state index contributed by atoms with van der Waals surface area (Å²) in [6.45, 7) is 3.48. The molecule has 1 heterocycles. The molecule has 1 aromatic carbocycles. The van der Waals surface area contributed by atoms with Crippen LogP contribution in [-0.2, 0) is 10.0 Å². The van der Waals surface area contributed by atoms with Gasteiger partial charge in [-0.1, -0.05) is 12.1 Å². The monoisotopic (exact) mass is 301 g/mol. The molecule has 2 rings (SSSR count). The Balaban J connectivity index is 2.23. The Labute approximate surface area is 119 Å². The van der Waals surface area contributed by atoms with Crippen LogP contribution in [0.3, 0.4) is 0 Å². The number of nitrogens with zero attached hydrogens (tertiary/aromatic N) is 2. The summed E-state index contributed by atoms with van der Waals surface area (Å²) in [7, 11) is -3.18. The van der Waals surface area contributed by atoms with Crippen molar-refractivity contribution >= 4 is 15.7 Å². The van der Waals surface area contributed by atoms with E-state index in [2.05, 4.69) is 0 Å². The molecule has 0 saturated carbocycles. The number of nitrogens with two attached hydrogens (primary N) is 1. The summed E-state index contributed by atoms with van der Waals surface area (Å²) in [5.41, 5.74) is 7.13. The SMILES string of the molecule is CC(N)c1cccc(F)c1N1CCN(S(C)(=O)=O)CC1. The molecule has 20 heavy (non-hydrogen) atoms. The standard InChI is InChI=1S/C13H20FN3O2S/c1-10(15)11-4-3-5-12(14)13(11)16-6-8-17(9-7-16)20(2,18)19/h3-5,10H,6-9,15H2,1-2H3. The number of rotatable bonds is 3. The van der Waals surface area contributed by atoms with Crippen LogP contribution in [-0.4, -0.2) is 45.2 Å². The molecule has 1 unspecified atom stereocenters. The fourth-order valence-electron chi connectivity index (χ4n) is 2.48. The van der Waals surface area contributed by atoms with Gasteiger partial charge >= 0.3 is 0 Å². The minimum Gasteiger partial charge on any atom is -0.366 e. The Hall–Kier alpha value is -1.18. The van der Waals surface area contributed by atoms with Crippen molar-refractivity contribution in [2.45, 2.75) is 13.0 Å². The molecule has 5 nitrogen and oxygen atoms in total. The van der Waals surface area contributed by atoms with Crippen LogP contribution in [0.5, 0.6) is 0 Å². The van der Waals surface area contributed by atoms with Crippen molar-refractivity contribution in [3.05, 3.63) is 29.6 Å². The fourth-order valence-corrected chi connectivity index (χ4v) is 3.30. The lowest BCUT2D eigenvalue weighted by Crippen LogP contribution is -2.49. The van der Waals surface area contributed by atoms with Crippen molar-refractivity contribution in [1.82, 2.24) is 4.31 Å². The maximum Gasteiger partial charge on any atom is 0.211 e. The summed E-state index contributed by atoms with van der Waals surface area (Å²) in [6.07, 6.45) is 1.19. The molecule has 1 fully saturated rings. The van der Waals surface area contributed by atoms with E-state index in [0.717, 1.165) is 5.56 Å². The quantitative estimate of drug-likeness (QED) is 0.902. The Morgan fingerprint density at radius 2 is 1.85 bits per heavy atom. The fraction of sp³-hybridized carbons (Fsp3) is 0.538. The summed E-state index contributed by atoms with van der Waals surface area (Å²) >= 11 is 0. The molecule has 2 N–H and O–H groups in total. The van der Waals surface area contributed by atoms with Crippen LogP contribution in [0.1, 0.15) is 18.5 Å². The summed E-state index contributed by atoms with van der Waals surface area (Å²) in [5.74, 6) is -0.312. The van der Waals surface area contributed by atoms with Crippen molar-refractivity contribution < 1.29 is 12.8 Å². The highest BCUT2D eigenvalue weighted by atomic mass is 32.2. The second-order valence-corrected chi connectivity index (χ2v) is 7.10. The van der Waals surface area contributed by atoms with Crippen LogP contribution < -0.4 is 10.6 Å². The Bertz CT molecular complexity index is 581. The predicted octanol–water partition coefficient (Wildman–Crippen LogP) is 0.927. The molecule has 7 heteroatoms. The van der Waals surface area contributed by atoms with Gasteiger partial charge < -0.3 is 10.6 Å². The molecule has 0 aliphatic carbocycles. The predicted molar refractivity (Wildman–Crippen MR) is 77.6 cm³/mol. The molecule has 0 aromatic heterocycles. The third-order valence-electron chi connectivity index (χ3n) is 3.53. The summed E-state index contributed by atoms with van der Waals surface area (Å²) < 4.78 is 38.5. The highest BCUT2D eigenvalue weighted by Crippen LogP contribution is 2.29. The van der Waals surface area contributed by atoms with Gasteiger partial charge in [0.2, 0.25) is 10.0 Å². The third kappa shape index (κ3) is 3.11. The first-order valence-electron chi connectivity index (χ1n) is 6.55. The molecule has 1 aliphatic rings. The zero-order valence-electron chi connectivity index (χ0n) is 11.7. The average molecular weight is 301 g/mol. The van der Waals surface area contributed by atoms with Crippen molar-refractivity contribution in [1.29, 1.82) is 0 Å². The van der Waals surface area contributed by atoms with E-state index in [1.54, 1.807) is 6.07 Å². The second kappa shape index (κ2) is 5.67. The number of para-hydroxylation sites is 1. The van der Waals surface area contributed by atoms with Crippen LogP contribution in [0.25, 0.3) is 0 Å². The van der Waals surface area contributed by atoms with Gasteiger partial charge in [0.1, 0.15) is 5.82 Å². The van der Waals surface area contributed by atoms with Gasteiger partial charge in [0.05, 0.1) is 11.9 Å². The van der Waals surface area contributed by atoms with Gasteiger partial charge in [0.25, 0.3) is 0 Å². The number of hydrogen-bond donors (Lipinski definition) is 1. The van der Waals surface area contributed by atoms with Crippen molar-refractivity contribution in [3.63, 3.8) is 0 Å². The van der Waals surface area contributed by atoms with Crippen LogP contribution in [0.15, 0.2) is 18.2 Å². The van der Waals surface area contributed by atoms with Gasteiger partial charge in [-0.3, -0.25) is 0 Å². The molecule has 1 atom stereocenters. The molecule has 0 radical (unpaired) electrons. The van der Waals surface area contributed by atoms with Crippen LogP contribution in [0, 0.1) is 5.82 Å². The Kier molecular flexibility index (Phi) is 4.31. The Morgan fingerprint density at radius 3 is 2.35 bits per heavy atom. The average Bonchev–Trinajstić information content (AvgIpc) is 2.37. The highest BCUT2D eigenvalue weighted by molar-refractivity contribution is 7.88. The zero-order valence-corrected chi connectivity index (χ0v) is 12.5. The first-order chi connectivity index (χ1) is 9.30. The lowest BCUT2D eigenvalue weighted by molar-refractivity contribution is 0.385. The zero-order chi connectivity index (χ0) is 14.9. The smallest absolute Gasteiger partial charge is 0.211 e. The number of halogens is 1. The van der Waals surface area contributed by atoms with Gasteiger partial charge in [-0.15, -0.1) is 0 Å². The largest absolute Gasteiger partial charge is 0.366 e. The summed E-state index contributed by atoms with van der Waals surface area (Å²) in [6, 6.07) is 4.59. The Morgan fingerprint density at radius 1 is 1.25 bits per heavy atom. The minimum absolute atomic E-state index is 0.270. The maximum absolute atomic E-state index is 14.1. The van der Waals surface area contributed by atoms with E-state index in [4.69, 9.17) is 5.73 Å². The molecular weight excluding hydrogens is 281 g/mol. The molecular formula is C13H20FN3O2S. The maximum atomic E-state index is 14.1. The van der Waals surface area contributed by atoms with Gasteiger partial charge in [-0.05, 0) is 18.6 Å². The first kappa shape index (κ1) is 15.2. The van der Waals surface area contributed by atoms with Crippen LogP contribution in [0.4, 0.5) is 10.1 Å². The van der Waals surface area contributed by atoms with E-state index in [0.29, 0.717) is 31.9 Å². The van der Waals surface area contributed by atoms with E-state index >= 15 is 0 Å². The van der Waals surface area contributed by atoms with Gasteiger partial charge in [-0.2, -0.15) is 4.31 Å². The number of piperazine rings is 1.